The summed E-state index contributed by atoms with van der Waals surface area (Å²) in [5, 5.41) is 1.43. The Balaban J connectivity index is 2.40. The van der Waals surface area contributed by atoms with E-state index in [1.54, 1.807) is 24.4 Å². The molecule has 6 heteroatoms. The zero-order chi connectivity index (χ0) is 13.4. The third-order valence-corrected chi connectivity index (χ3v) is 2.91. The summed E-state index contributed by atoms with van der Waals surface area (Å²) in [7, 11) is 1.31. The van der Waals surface area contributed by atoms with Crippen molar-refractivity contribution in [3.8, 4) is 0 Å². The molecule has 0 spiro atoms. The molecule has 0 amide bonds. The van der Waals surface area contributed by atoms with Crippen LogP contribution < -0.4 is 5.56 Å². The van der Waals surface area contributed by atoms with Gasteiger partial charge in [0.2, 0.25) is 0 Å². The Morgan fingerprint density at radius 1 is 1.32 bits per heavy atom. The molecule has 1 aromatic carbocycles. The molecule has 3 rings (SSSR count). The molecular weight excluding hydrogens is 246 g/mol. The minimum atomic E-state index is -0.452. The Morgan fingerprint density at radius 3 is 2.95 bits per heavy atom. The van der Waals surface area contributed by atoms with Gasteiger partial charge in [-0.15, -0.1) is 0 Å². The van der Waals surface area contributed by atoms with Crippen molar-refractivity contribution in [3.63, 3.8) is 0 Å². The van der Waals surface area contributed by atoms with Gasteiger partial charge < -0.3 is 9.72 Å². The topological polar surface area (TPSA) is 84.9 Å². The highest BCUT2D eigenvalue weighted by Gasteiger charge is 2.10. The van der Waals surface area contributed by atoms with Crippen molar-refractivity contribution in [3.05, 3.63) is 46.6 Å². The lowest BCUT2D eigenvalue weighted by atomic mass is 10.1. The van der Waals surface area contributed by atoms with Crippen LogP contribution in [0.3, 0.4) is 0 Å². The molecule has 0 aliphatic rings. The summed E-state index contributed by atoms with van der Waals surface area (Å²) in [5.74, 6) is -0.452. The number of carbonyl (C=O) groups is 1. The first kappa shape index (κ1) is 11.3. The molecule has 0 atom stereocenters. The van der Waals surface area contributed by atoms with Crippen molar-refractivity contribution < 1.29 is 9.53 Å². The number of fused-ring (bicyclic) bond motifs is 3. The smallest absolute Gasteiger partial charge is 0.337 e. The molecule has 0 fully saturated rings. The molecule has 2 heterocycles. The van der Waals surface area contributed by atoms with E-state index in [1.807, 2.05) is 0 Å². The van der Waals surface area contributed by atoms with E-state index in [-0.39, 0.29) is 5.56 Å². The van der Waals surface area contributed by atoms with Crippen molar-refractivity contribution in [2.45, 2.75) is 0 Å². The number of nitrogens with one attached hydrogen (secondary N) is 1. The van der Waals surface area contributed by atoms with E-state index in [1.165, 1.54) is 13.4 Å². The molecule has 2 aromatic heterocycles. The number of pyridine rings is 1. The van der Waals surface area contributed by atoms with Crippen LogP contribution >= 0.6 is 0 Å². The summed E-state index contributed by atoms with van der Waals surface area (Å²) >= 11 is 0. The number of aromatic nitrogens is 3. The fraction of sp³-hybridized carbons (Fsp3) is 0.0769. The minimum Gasteiger partial charge on any atom is -0.465 e. The Bertz CT molecular complexity index is 854. The zero-order valence-corrected chi connectivity index (χ0v) is 10.0. The largest absolute Gasteiger partial charge is 0.465 e. The van der Waals surface area contributed by atoms with Crippen molar-refractivity contribution in [2.75, 3.05) is 7.11 Å². The van der Waals surface area contributed by atoms with E-state index in [0.717, 1.165) is 5.39 Å². The molecule has 19 heavy (non-hydrogen) atoms. The number of rotatable bonds is 1. The van der Waals surface area contributed by atoms with Crippen molar-refractivity contribution in [1.29, 1.82) is 0 Å². The molecule has 1 N–H and O–H groups in total. The summed E-state index contributed by atoms with van der Waals surface area (Å²) in [6.07, 6.45) is 2.91. The van der Waals surface area contributed by atoms with Gasteiger partial charge >= 0.3 is 5.97 Å². The number of hydrogen-bond donors (Lipinski definition) is 1. The van der Waals surface area contributed by atoms with Gasteiger partial charge in [-0.2, -0.15) is 0 Å². The van der Waals surface area contributed by atoms with E-state index in [2.05, 4.69) is 19.7 Å². The van der Waals surface area contributed by atoms with E-state index >= 15 is 0 Å². The Hall–Kier alpha value is -2.76. The van der Waals surface area contributed by atoms with Crippen LogP contribution in [0.2, 0.25) is 0 Å². The van der Waals surface area contributed by atoms with Crippen LogP contribution in [0.4, 0.5) is 0 Å². The summed E-state index contributed by atoms with van der Waals surface area (Å²) < 4.78 is 4.65. The number of H-pyrrole nitrogens is 1. The van der Waals surface area contributed by atoms with Gasteiger partial charge in [0, 0.05) is 22.5 Å². The van der Waals surface area contributed by atoms with Crippen LogP contribution in [0.1, 0.15) is 10.4 Å². The van der Waals surface area contributed by atoms with Gasteiger partial charge in [0.15, 0.2) is 0 Å². The number of aromatic amines is 1. The van der Waals surface area contributed by atoms with Crippen molar-refractivity contribution >= 4 is 27.8 Å². The maximum atomic E-state index is 11.9. The molecular formula is C13H9N3O3. The SMILES string of the molecule is COC(=O)c1ccc2c(c1)[nH]c(=O)c1ncncc12. The van der Waals surface area contributed by atoms with E-state index < -0.39 is 5.97 Å². The summed E-state index contributed by atoms with van der Waals surface area (Å²) in [6.45, 7) is 0. The molecule has 0 bridgehead atoms. The quantitative estimate of drug-likeness (QED) is 0.522. The summed E-state index contributed by atoms with van der Waals surface area (Å²) in [5.41, 5.74) is 0.942. The van der Waals surface area contributed by atoms with Gasteiger partial charge in [0.1, 0.15) is 11.8 Å². The molecule has 0 aliphatic carbocycles. The number of ether oxygens (including phenoxy) is 1. The highest BCUT2D eigenvalue weighted by molar-refractivity contribution is 6.05. The normalized spacial score (nSPS) is 10.8. The number of hydrogen-bond acceptors (Lipinski definition) is 5. The maximum absolute atomic E-state index is 11.9. The van der Waals surface area contributed by atoms with Crippen molar-refractivity contribution in [2.24, 2.45) is 0 Å². The first-order valence-electron chi connectivity index (χ1n) is 5.55. The fourth-order valence-corrected chi connectivity index (χ4v) is 2.02. The monoisotopic (exact) mass is 255 g/mol. The fourth-order valence-electron chi connectivity index (χ4n) is 2.02. The Kier molecular flexibility index (Phi) is 2.49. The lowest BCUT2D eigenvalue weighted by Gasteiger charge is -2.04. The number of benzene rings is 1. The van der Waals surface area contributed by atoms with Gasteiger partial charge in [0.25, 0.3) is 5.56 Å². The average Bonchev–Trinajstić information content (AvgIpc) is 2.46. The predicted molar refractivity (Wildman–Crippen MR) is 69.0 cm³/mol. The molecule has 3 aromatic rings. The lowest BCUT2D eigenvalue weighted by Crippen LogP contribution is -2.09. The number of nitrogens with zero attached hydrogens (tertiary/aromatic N) is 2. The molecule has 0 unspecified atom stereocenters. The number of esters is 1. The van der Waals surface area contributed by atoms with Crippen LogP contribution in [0.15, 0.2) is 35.5 Å². The van der Waals surface area contributed by atoms with E-state index in [4.69, 9.17) is 0 Å². The molecule has 6 nitrogen and oxygen atoms in total. The van der Waals surface area contributed by atoms with Gasteiger partial charge in [-0.1, -0.05) is 6.07 Å². The van der Waals surface area contributed by atoms with Crippen LogP contribution in [-0.2, 0) is 4.74 Å². The van der Waals surface area contributed by atoms with E-state index in [0.29, 0.717) is 22.0 Å². The Labute approximate surface area is 107 Å². The van der Waals surface area contributed by atoms with Crippen molar-refractivity contribution in [1.82, 2.24) is 15.0 Å². The van der Waals surface area contributed by atoms with Crippen LogP contribution in [0.25, 0.3) is 21.8 Å². The van der Waals surface area contributed by atoms with Crippen LogP contribution in [0, 0.1) is 0 Å². The van der Waals surface area contributed by atoms with E-state index in [9.17, 15) is 9.59 Å². The Morgan fingerprint density at radius 2 is 2.16 bits per heavy atom. The average molecular weight is 255 g/mol. The highest BCUT2D eigenvalue weighted by Crippen LogP contribution is 2.20. The second kappa shape index (κ2) is 4.16. The van der Waals surface area contributed by atoms with Gasteiger partial charge in [-0.25, -0.2) is 14.8 Å². The third kappa shape index (κ3) is 1.74. The maximum Gasteiger partial charge on any atom is 0.337 e. The standard InChI is InChI=1S/C13H9N3O3/c1-19-13(18)7-2-3-8-9-5-14-6-15-11(9)12(17)16-10(8)4-7/h2-6H,1H3,(H,16,17). The summed E-state index contributed by atoms with van der Waals surface area (Å²) in [4.78, 5) is 33.9. The first-order valence-corrected chi connectivity index (χ1v) is 5.55. The number of methoxy groups -OCH3 is 1. The summed E-state index contributed by atoms with van der Waals surface area (Å²) in [6, 6.07) is 4.96. The van der Waals surface area contributed by atoms with Gasteiger partial charge in [0.05, 0.1) is 12.7 Å². The predicted octanol–water partition coefficient (Wildman–Crippen LogP) is 1.26. The highest BCUT2D eigenvalue weighted by atomic mass is 16.5. The third-order valence-electron chi connectivity index (χ3n) is 2.91. The lowest BCUT2D eigenvalue weighted by molar-refractivity contribution is 0.0601. The number of carbonyl (C=O) groups excluding carboxylic acids is 1. The molecule has 0 radical (unpaired) electrons. The van der Waals surface area contributed by atoms with Gasteiger partial charge in [-0.3, -0.25) is 4.79 Å². The minimum absolute atomic E-state index is 0.313. The zero-order valence-electron chi connectivity index (χ0n) is 10.0. The molecule has 94 valence electrons. The van der Waals surface area contributed by atoms with Crippen LogP contribution in [0.5, 0.6) is 0 Å². The second-order valence-electron chi connectivity index (χ2n) is 3.99. The van der Waals surface area contributed by atoms with Crippen LogP contribution in [-0.4, -0.2) is 28.0 Å². The molecule has 0 aliphatic heterocycles. The first-order chi connectivity index (χ1) is 9.20. The molecule has 0 saturated carbocycles. The second-order valence-corrected chi connectivity index (χ2v) is 3.99. The van der Waals surface area contributed by atoms with Gasteiger partial charge in [-0.05, 0) is 12.1 Å². The molecule has 0 saturated heterocycles.